The van der Waals surface area contributed by atoms with Gasteiger partial charge in [0.1, 0.15) is 0 Å². The zero-order valence-electron chi connectivity index (χ0n) is 12.9. The first-order chi connectivity index (χ1) is 8.80. The van der Waals surface area contributed by atoms with Gasteiger partial charge in [-0.3, -0.25) is 0 Å². The predicted molar refractivity (Wildman–Crippen MR) is 85.5 cm³/mol. The van der Waals surface area contributed by atoms with Gasteiger partial charge in [-0.25, -0.2) is 0 Å². The van der Waals surface area contributed by atoms with E-state index < -0.39 is 13.3 Å². The van der Waals surface area contributed by atoms with Crippen molar-refractivity contribution in [1.82, 2.24) is 0 Å². The molecule has 0 aliphatic rings. The van der Waals surface area contributed by atoms with Gasteiger partial charge in [-0.15, -0.1) is 0 Å². The fraction of sp³-hybridized carbons (Fsp3) is 0.353. The van der Waals surface area contributed by atoms with Gasteiger partial charge in [0.05, 0.1) is 0 Å². The summed E-state index contributed by atoms with van der Waals surface area (Å²) in [6.07, 6.45) is 2.29. The van der Waals surface area contributed by atoms with Gasteiger partial charge in [-0.2, -0.15) is 0 Å². The second kappa shape index (κ2) is 5.12. The van der Waals surface area contributed by atoms with Gasteiger partial charge in [0, 0.05) is 0 Å². The molecule has 0 amide bonds. The summed E-state index contributed by atoms with van der Waals surface area (Å²) in [4.78, 5) is 0. The van der Waals surface area contributed by atoms with Crippen molar-refractivity contribution in [2.75, 3.05) is 0 Å². The summed E-state index contributed by atoms with van der Waals surface area (Å²) in [5, 5.41) is 0. The number of pyridine rings is 1. The average Bonchev–Trinajstić information content (AvgIpc) is 2.29. The Kier molecular flexibility index (Phi) is 3.86. The third-order valence-electron chi connectivity index (χ3n) is 3.70. The molecule has 0 unspecified atom stereocenters. The van der Waals surface area contributed by atoms with Gasteiger partial charge in [0.25, 0.3) is 0 Å². The van der Waals surface area contributed by atoms with Crippen molar-refractivity contribution in [3.05, 3.63) is 47.7 Å². The Bertz CT molecular complexity index is 609. The summed E-state index contributed by atoms with van der Waals surface area (Å²) in [7, 11) is 2.15. The van der Waals surface area contributed by atoms with Crippen LogP contribution in [0.4, 0.5) is 0 Å². The van der Waals surface area contributed by atoms with Crippen molar-refractivity contribution in [3.63, 3.8) is 0 Å². The van der Waals surface area contributed by atoms with E-state index in [1.54, 1.807) is 4.40 Å². The van der Waals surface area contributed by atoms with Crippen LogP contribution in [0.3, 0.4) is 0 Å². The van der Waals surface area contributed by atoms with Gasteiger partial charge in [0.15, 0.2) is 0 Å². The van der Waals surface area contributed by atoms with Crippen molar-refractivity contribution in [1.29, 1.82) is 0 Å². The third-order valence-corrected chi connectivity index (χ3v) is 8.22. The van der Waals surface area contributed by atoms with Crippen LogP contribution in [0.1, 0.15) is 11.1 Å². The minimum absolute atomic E-state index is 1.33. The number of benzene rings is 1. The normalized spacial score (nSPS) is 11.7. The van der Waals surface area contributed by atoms with E-state index in [0.717, 1.165) is 0 Å². The van der Waals surface area contributed by atoms with E-state index in [1.807, 2.05) is 0 Å². The van der Waals surface area contributed by atoms with Gasteiger partial charge >= 0.3 is 119 Å². The quantitative estimate of drug-likeness (QED) is 0.591. The fourth-order valence-electron chi connectivity index (χ4n) is 2.72. The fourth-order valence-corrected chi connectivity index (χ4v) is 6.53. The second-order valence-electron chi connectivity index (χ2n) is 6.43. The molecule has 0 radical (unpaired) electrons. The summed E-state index contributed by atoms with van der Waals surface area (Å²) < 4.78 is 3.87. The molecule has 0 spiro atoms. The molecular formula is C17H24GeN+. The van der Waals surface area contributed by atoms with E-state index in [4.69, 9.17) is 0 Å². The molecule has 0 saturated heterocycles. The molecule has 1 nitrogen and oxygen atoms in total. The van der Waals surface area contributed by atoms with Crippen LogP contribution >= 0.6 is 0 Å². The number of nitrogens with zero attached hydrogens (tertiary/aromatic N) is 1. The van der Waals surface area contributed by atoms with Crippen LogP contribution in [0.15, 0.2) is 36.5 Å². The molecule has 0 aliphatic heterocycles. The number of aryl methyl sites for hydroxylation is 3. The first-order valence-corrected chi connectivity index (χ1v) is 14.2. The van der Waals surface area contributed by atoms with E-state index in [9.17, 15) is 0 Å². The first-order valence-electron chi connectivity index (χ1n) is 6.87. The van der Waals surface area contributed by atoms with Gasteiger partial charge < -0.3 is 0 Å². The van der Waals surface area contributed by atoms with Crippen molar-refractivity contribution in [2.24, 2.45) is 7.05 Å². The Morgan fingerprint density at radius 2 is 1.58 bits per heavy atom. The number of hydrogen-bond donors (Lipinski definition) is 0. The van der Waals surface area contributed by atoms with Crippen LogP contribution in [0.5, 0.6) is 0 Å². The second-order valence-corrected chi connectivity index (χ2v) is 17.0. The van der Waals surface area contributed by atoms with Crippen molar-refractivity contribution in [2.45, 2.75) is 31.1 Å². The van der Waals surface area contributed by atoms with E-state index in [2.05, 4.69) is 79.3 Å². The first kappa shape index (κ1) is 14.3. The van der Waals surface area contributed by atoms with Crippen molar-refractivity contribution < 1.29 is 4.57 Å². The summed E-state index contributed by atoms with van der Waals surface area (Å²) in [6, 6.07) is 11.1. The molecule has 0 N–H and O–H groups in total. The minimum atomic E-state index is -1.81. The SMILES string of the molecule is Cc1ccccc1-c1c[c]([Ge]([CH3])([CH3])[CH3])c(C)c[n+]1C. The van der Waals surface area contributed by atoms with E-state index in [1.165, 1.54) is 22.4 Å². The zero-order chi connectivity index (χ0) is 14.2. The molecule has 2 aromatic rings. The molecule has 100 valence electrons. The summed E-state index contributed by atoms with van der Waals surface area (Å²) in [5.74, 6) is 7.39. The van der Waals surface area contributed by atoms with E-state index in [0.29, 0.717) is 0 Å². The van der Waals surface area contributed by atoms with Gasteiger partial charge in [-0.05, 0) is 0 Å². The van der Waals surface area contributed by atoms with Crippen LogP contribution in [0.25, 0.3) is 11.3 Å². The molecule has 0 fully saturated rings. The maximum atomic E-state index is 2.46. The van der Waals surface area contributed by atoms with Crippen LogP contribution in [-0.2, 0) is 7.05 Å². The van der Waals surface area contributed by atoms with Crippen LogP contribution in [0.2, 0.25) is 17.3 Å². The Morgan fingerprint density at radius 1 is 0.947 bits per heavy atom. The van der Waals surface area contributed by atoms with Crippen LogP contribution in [0, 0.1) is 13.8 Å². The van der Waals surface area contributed by atoms with Crippen molar-refractivity contribution >= 4 is 17.7 Å². The summed E-state index contributed by atoms with van der Waals surface area (Å²) in [5.41, 5.74) is 5.46. The average molecular weight is 315 g/mol. The summed E-state index contributed by atoms with van der Waals surface area (Å²) in [6.45, 7) is 4.43. The molecule has 1 heterocycles. The molecule has 0 saturated carbocycles. The molecule has 2 heteroatoms. The Labute approximate surface area is 119 Å². The third kappa shape index (κ3) is 2.92. The standard InChI is InChI=1S/C17H24GeN/c1-13-9-7-8-10-15(13)17-11-16(18(3,4)5)14(2)12-19(17)6/h7-12H,1-6H3/q+1. The Morgan fingerprint density at radius 3 is 2.16 bits per heavy atom. The number of aromatic nitrogens is 1. The Hall–Kier alpha value is -1.09. The Balaban J connectivity index is 2.69. The molecule has 19 heavy (non-hydrogen) atoms. The van der Waals surface area contributed by atoms with Gasteiger partial charge in [0.2, 0.25) is 0 Å². The molecule has 0 aliphatic carbocycles. The molecule has 0 atom stereocenters. The van der Waals surface area contributed by atoms with Crippen LogP contribution < -0.4 is 8.96 Å². The molecule has 0 bridgehead atoms. The van der Waals surface area contributed by atoms with Crippen LogP contribution in [-0.4, -0.2) is 13.3 Å². The maximum absolute atomic E-state index is 2.46. The molecule has 2 rings (SSSR count). The van der Waals surface area contributed by atoms with Gasteiger partial charge in [-0.1, -0.05) is 0 Å². The zero-order valence-corrected chi connectivity index (χ0v) is 15.0. The monoisotopic (exact) mass is 316 g/mol. The number of rotatable bonds is 2. The molecular weight excluding hydrogens is 291 g/mol. The van der Waals surface area contributed by atoms with E-state index in [-0.39, 0.29) is 0 Å². The van der Waals surface area contributed by atoms with E-state index >= 15 is 0 Å². The molecule has 1 aromatic carbocycles. The topological polar surface area (TPSA) is 3.88 Å². The van der Waals surface area contributed by atoms with Crippen molar-refractivity contribution in [3.8, 4) is 11.3 Å². The number of hydrogen-bond acceptors (Lipinski definition) is 0. The molecule has 1 aromatic heterocycles. The summed E-state index contributed by atoms with van der Waals surface area (Å²) >= 11 is -1.81. The predicted octanol–water partition coefficient (Wildman–Crippen LogP) is 3.34.